The summed E-state index contributed by atoms with van der Waals surface area (Å²) in [7, 11) is 3.59. The van der Waals surface area contributed by atoms with Crippen molar-refractivity contribution in [1.29, 1.82) is 0 Å². The van der Waals surface area contributed by atoms with Gasteiger partial charge in [-0.2, -0.15) is 0 Å². The van der Waals surface area contributed by atoms with Gasteiger partial charge in [-0.05, 0) is 25.8 Å². The molecule has 6 nitrogen and oxygen atoms in total. The minimum atomic E-state index is 0. The molecule has 1 atom stereocenters. The number of methoxy groups -OCH3 is 1. The Hall–Kier alpha value is -0.120. The van der Waals surface area contributed by atoms with Gasteiger partial charge in [0.15, 0.2) is 5.96 Å². The summed E-state index contributed by atoms with van der Waals surface area (Å²) in [5.41, 5.74) is 0. The Kier molecular flexibility index (Phi) is 11.2. The van der Waals surface area contributed by atoms with Crippen molar-refractivity contribution in [3.05, 3.63) is 0 Å². The summed E-state index contributed by atoms with van der Waals surface area (Å²) in [6.07, 6.45) is 3.93. The van der Waals surface area contributed by atoms with Crippen LogP contribution >= 0.6 is 24.0 Å². The third-order valence-corrected chi connectivity index (χ3v) is 4.73. The molecule has 2 fully saturated rings. The average molecular weight is 454 g/mol. The third kappa shape index (κ3) is 7.41. The molecule has 0 aromatic heterocycles. The van der Waals surface area contributed by atoms with Gasteiger partial charge in [0.1, 0.15) is 0 Å². The number of halogens is 1. The van der Waals surface area contributed by atoms with E-state index in [1.807, 2.05) is 7.05 Å². The topological polar surface area (TPSA) is 49.3 Å². The molecule has 0 radical (unpaired) electrons. The van der Waals surface area contributed by atoms with Gasteiger partial charge in [0.25, 0.3) is 0 Å². The lowest BCUT2D eigenvalue weighted by atomic mass is 10.1. The Morgan fingerprint density at radius 1 is 1.29 bits per heavy atom. The van der Waals surface area contributed by atoms with Crippen LogP contribution in [-0.2, 0) is 9.47 Å². The second-order valence-electron chi connectivity index (χ2n) is 6.50. The molecule has 0 aromatic carbocycles. The molecule has 1 aliphatic heterocycles. The molecule has 1 aliphatic carbocycles. The second kappa shape index (κ2) is 12.3. The van der Waals surface area contributed by atoms with E-state index in [9.17, 15) is 0 Å². The second-order valence-corrected chi connectivity index (χ2v) is 6.50. The van der Waals surface area contributed by atoms with E-state index in [2.05, 4.69) is 27.0 Å². The van der Waals surface area contributed by atoms with Gasteiger partial charge < -0.3 is 19.7 Å². The predicted molar refractivity (Wildman–Crippen MR) is 109 cm³/mol. The highest BCUT2D eigenvalue weighted by atomic mass is 127. The summed E-state index contributed by atoms with van der Waals surface area (Å²) in [5, 5.41) is 3.53. The molecule has 0 amide bonds. The van der Waals surface area contributed by atoms with Crippen LogP contribution in [0, 0.1) is 5.92 Å². The highest BCUT2D eigenvalue weighted by molar-refractivity contribution is 14.0. The molecule has 0 bridgehead atoms. The number of hydrogen-bond donors (Lipinski definition) is 1. The molecule has 7 heteroatoms. The molecule has 1 heterocycles. The molecule has 2 rings (SSSR count). The van der Waals surface area contributed by atoms with E-state index in [-0.39, 0.29) is 24.0 Å². The van der Waals surface area contributed by atoms with E-state index in [1.54, 1.807) is 7.11 Å². The molecule has 2 aliphatic rings. The van der Waals surface area contributed by atoms with Crippen molar-refractivity contribution in [3.8, 4) is 0 Å². The van der Waals surface area contributed by atoms with Crippen molar-refractivity contribution >= 4 is 29.9 Å². The lowest BCUT2D eigenvalue weighted by molar-refractivity contribution is 0.0536. The molecule has 1 N–H and O–H groups in total. The molecule has 1 unspecified atom stereocenters. The fourth-order valence-electron chi connectivity index (χ4n) is 3.24. The van der Waals surface area contributed by atoms with Crippen LogP contribution < -0.4 is 5.32 Å². The Bertz CT molecular complexity index is 366. The summed E-state index contributed by atoms with van der Waals surface area (Å²) in [4.78, 5) is 9.37. The van der Waals surface area contributed by atoms with Crippen molar-refractivity contribution in [2.45, 2.75) is 32.2 Å². The monoisotopic (exact) mass is 454 g/mol. The smallest absolute Gasteiger partial charge is 0.193 e. The van der Waals surface area contributed by atoms with Crippen LogP contribution in [0.25, 0.3) is 0 Å². The van der Waals surface area contributed by atoms with Gasteiger partial charge in [-0.15, -0.1) is 24.0 Å². The van der Waals surface area contributed by atoms with E-state index in [4.69, 9.17) is 9.47 Å². The minimum absolute atomic E-state index is 0. The summed E-state index contributed by atoms with van der Waals surface area (Å²) < 4.78 is 10.7. The standard InChI is InChI=1S/C17H34N4O2.HI/c1-4-20(16-5-6-16)10-8-19-17(18-2)21-9-7-15(13-21)14-23-12-11-22-3;/h15-16H,4-14H2,1-3H3,(H,18,19);1H. The maximum Gasteiger partial charge on any atom is 0.193 e. The maximum atomic E-state index is 5.66. The molecule has 142 valence electrons. The zero-order valence-electron chi connectivity index (χ0n) is 15.5. The SMILES string of the molecule is CCN(CCNC(=NC)N1CCC(COCCOC)C1)C1CC1.I. The zero-order valence-corrected chi connectivity index (χ0v) is 17.8. The Labute approximate surface area is 164 Å². The minimum Gasteiger partial charge on any atom is -0.382 e. The number of hydrogen-bond acceptors (Lipinski definition) is 4. The Balaban J connectivity index is 0.00000288. The molecule has 1 saturated carbocycles. The van der Waals surface area contributed by atoms with E-state index in [0.29, 0.717) is 19.1 Å². The number of likely N-dealkylation sites (tertiary alicyclic amines) is 1. The molecule has 0 spiro atoms. The molecule has 24 heavy (non-hydrogen) atoms. The van der Waals surface area contributed by atoms with Crippen LogP contribution in [-0.4, -0.2) is 88.5 Å². The number of nitrogens with zero attached hydrogens (tertiary/aromatic N) is 3. The van der Waals surface area contributed by atoms with Crippen molar-refractivity contribution in [1.82, 2.24) is 15.1 Å². The number of guanidine groups is 1. The number of aliphatic imine (C=N–C) groups is 1. The average Bonchev–Trinajstić information content (AvgIpc) is 3.30. The number of nitrogens with one attached hydrogen (secondary N) is 1. The lowest BCUT2D eigenvalue weighted by Gasteiger charge is -2.24. The van der Waals surface area contributed by atoms with Gasteiger partial charge in [-0.1, -0.05) is 6.92 Å². The first-order chi connectivity index (χ1) is 11.3. The van der Waals surface area contributed by atoms with Gasteiger partial charge in [0, 0.05) is 52.3 Å². The molecule has 1 saturated heterocycles. The van der Waals surface area contributed by atoms with E-state index >= 15 is 0 Å². The normalized spacial score (nSPS) is 21.2. The Morgan fingerprint density at radius 2 is 2.08 bits per heavy atom. The van der Waals surface area contributed by atoms with Crippen molar-refractivity contribution in [3.63, 3.8) is 0 Å². The van der Waals surface area contributed by atoms with Crippen LogP contribution in [0.4, 0.5) is 0 Å². The van der Waals surface area contributed by atoms with Gasteiger partial charge in [-0.3, -0.25) is 9.89 Å². The largest absolute Gasteiger partial charge is 0.382 e. The first kappa shape index (κ1) is 21.9. The summed E-state index contributed by atoms with van der Waals surface area (Å²) in [6.45, 7) is 9.77. The summed E-state index contributed by atoms with van der Waals surface area (Å²) in [5.74, 6) is 1.64. The van der Waals surface area contributed by atoms with Crippen molar-refractivity contribution < 1.29 is 9.47 Å². The van der Waals surface area contributed by atoms with Gasteiger partial charge >= 0.3 is 0 Å². The molecule has 0 aromatic rings. The highest BCUT2D eigenvalue weighted by Gasteiger charge is 2.28. The fraction of sp³-hybridized carbons (Fsp3) is 0.941. The van der Waals surface area contributed by atoms with Crippen LogP contribution in [0.15, 0.2) is 4.99 Å². The van der Waals surface area contributed by atoms with E-state index in [0.717, 1.165) is 51.3 Å². The van der Waals surface area contributed by atoms with Crippen LogP contribution in [0.2, 0.25) is 0 Å². The van der Waals surface area contributed by atoms with Crippen LogP contribution in [0.1, 0.15) is 26.2 Å². The maximum absolute atomic E-state index is 5.66. The third-order valence-electron chi connectivity index (χ3n) is 4.73. The van der Waals surface area contributed by atoms with Crippen LogP contribution in [0.3, 0.4) is 0 Å². The highest BCUT2D eigenvalue weighted by Crippen LogP contribution is 2.25. The fourth-order valence-corrected chi connectivity index (χ4v) is 3.24. The van der Waals surface area contributed by atoms with Gasteiger partial charge in [-0.25, -0.2) is 0 Å². The number of likely N-dealkylation sites (N-methyl/N-ethyl adjacent to an activating group) is 1. The summed E-state index contributed by atoms with van der Waals surface area (Å²) >= 11 is 0. The first-order valence-electron chi connectivity index (χ1n) is 9.04. The number of rotatable bonds is 10. The van der Waals surface area contributed by atoms with Crippen LogP contribution in [0.5, 0.6) is 0 Å². The van der Waals surface area contributed by atoms with Gasteiger partial charge in [0.05, 0.1) is 19.8 Å². The van der Waals surface area contributed by atoms with Crippen molar-refractivity contribution in [2.75, 3.05) is 66.7 Å². The van der Waals surface area contributed by atoms with E-state index < -0.39 is 0 Å². The van der Waals surface area contributed by atoms with E-state index in [1.165, 1.54) is 19.3 Å². The molecular formula is C17H35IN4O2. The van der Waals surface area contributed by atoms with Crippen molar-refractivity contribution in [2.24, 2.45) is 10.9 Å². The van der Waals surface area contributed by atoms with Gasteiger partial charge in [0.2, 0.25) is 0 Å². The molecular weight excluding hydrogens is 419 g/mol. The quantitative estimate of drug-likeness (QED) is 0.236. The Morgan fingerprint density at radius 3 is 2.71 bits per heavy atom. The number of ether oxygens (including phenoxy) is 2. The summed E-state index contributed by atoms with van der Waals surface area (Å²) in [6, 6.07) is 0.837. The lowest BCUT2D eigenvalue weighted by Crippen LogP contribution is -2.43. The predicted octanol–water partition coefficient (Wildman–Crippen LogP) is 1.65. The first-order valence-corrected chi connectivity index (χ1v) is 9.04. The zero-order chi connectivity index (χ0) is 16.5.